The van der Waals surface area contributed by atoms with Crippen molar-refractivity contribution in [1.82, 2.24) is 10.4 Å². The lowest BCUT2D eigenvalue weighted by atomic mass is 10.2. The van der Waals surface area contributed by atoms with Gasteiger partial charge in [0.1, 0.15) is 11.5 Å². The second kappa shape index (κ2) is 3.10. The van der Waals surface area contributed by atoms with E-state index in [1.807, 2.05) is 30.3 Å². The number of hydrazine groups is 1. The monoisotopic (exact) mass is 189 g/mol. The van der Waals surface area contributed by atoms with E-state index in [1.165, 1.54) is 0 Å². The van der Waals surface area contributed by atoms with E-state index < -0.39 is 0 Å². The molecule has 0 radical (unpaired) electrons. The molecule has 0 atom stereocenters. The average Bonchev–Trinajstić information content (AvgIpc) is 2.43. The zero-order chi connectivity index (χ0) is 10.2. The Morgan fingerprint density at radius 1 is 1.21 bits per heavy atom. The van der Waals surface area contributed by atoms with E-state index in [9.17, 15) is 0 Å². The third-order valence-corrected chi connectivity index (χ3v) is 2.53. The molecule has 1 aliphatic heterocycles. The summed E-state index contributed by atoms with van der Waals surface area (Å²) in [5.74, 6) is 0.943. The fourth-order valence-corrected chi connectivity index (χ4v) is 1.39. The van der Waals surface area contributed by atoms with Gasteiger partial charge in [-0.15, -0.1) is 0 Å². The quantitative estimate of drug-likeness (QED) is 0.727. The standard InChI is InChI=1S/C11H15N3/c1-11(2)12-10(13-14(11)3)9-7-5-4-6-8-9/h4-8H,1-3H3,(H,12,13). The minimum atomic E-state index is -0.162. The second-order valence-corrected chi connectivity index (χ2v) is 3.99. The Bertz CT molecular complexity index is 354. The molecule has 74 valence electrons. The summed E-state index contributed by atoms with van der Waals surface area (Å²) in [6.07, 6.45) is 0. The summed E-state index contributed by atoms with van der Waals surface area (Å²) < 4.78 is 0. The lowest BCUT2D eigenvalue weighted by Crippen LogP contribution is -2.43. The maximum absolute atomic E-state index is 4.60. The van der Waals surface area contributed by atoms with Gasteiger partial charge in [0.2, 0.25) is 0 Å². The first-order chi connectivity index (χ1) is 6.59. The van der Waals surface area contributed by atoms with Crippen LogP contribution in [0.15, 0.2) is 35.3 Å². The van der Waals surface area contributed by atoms with Crippen LogP contribution in [0.4, 0.5) is 0 Å². The Morgan fingerprint density at radius 3 is 2.36 bits per heavy atom. The number of hydrogen-bond donors (Lipinski definition) is 1. The van der Waals surface area contributed by atoms with Crippen LogP contribution in [0.25, 0.3) is 0 Å². The van der Waals surface area contributed by atoms with Crippen molar-refractivity contribution in [2.75, 3.05) is 7.05 Å². The normalized spacial score (nSPS) is 20.4. The molecule has 1 aliphatic rings. The van der Waals surface area contributed by atoms with Crippen LogP contribution < -0.4 is 5.43 Å². The average molecular weight is 189 g/mol. The van der Waals surface area contributed by atoms with Crippen molar-refractivity contribution in [2.45, 2.75) is 19.5 Å². The van der Waals surface area contributed by atoms with Gasteiger partial charge < -0.3 is 5.43 Å². The smallest absolute Gasteiger partial charge is 0.144 e. The number of aliphatic imine (C=N–C) groups is 1. The van der Waals surface area contributed by atoms with E-state index in [4.69, 9.17) is 0 Å². The summed E-state index contributed by atoms with van der Waals surface area (Å²) in [6, 6.07) is 10.2. The first-order valence-electron chi connectivity index (χ1n) is 4.75. The van der Waals surface area contributed by atoms with Gasteiger partial charge in [-0.25, -0.2) is 4.99 Å². The highest BCUT2D eigenvalue weighted by molar-refractivity contribution is 5.99. The lowest BCUT2D eigenvalue weighted by molar-refractivity contribution is 0.159. The minimum Gasteiger partial charge on any atom is -0.301 e. The summed E-state index contributed by atoms with van der Waals surface area (Å²) in [5.41, 5.74) is 4.21. The van der Waals surface area contributed by atoms with Crippen molar-refractivity contribution >= 4 is 5.84 Å². The molecule has 0 fully saturated rings. The molecule has 0 aromatic heterocycles. The van der Waals surface area contributed by atoms with Crippen molar-refractivity contribution in [1.29, 1.82) is 0 Å². The number of amidine groups is 1. The molecular formula is C11H15N3. The van der Waals surface area contributed by atoms with Gasteiger partial charge in [0.05, 0.1) is 0 Å². The third kappa shape index (κ3) is 1.51. The largest absolute Gasteiger partial charge is 0.301 e. The minimum absolute atomic E-state index is 0.162. The van der Waals surface area contributed by atoms with Crippen molar-refractivity contribution in [2.24, 2.45) is 4.99 Å². The zero-order valence-corrected chi connectivity index (χ0v) is 8.78. The Kier molecular flexibility index (Phi) is 2.04. The molecule has 0 aliphatic carbocycles. The number of nitrogens with zero attached hydrogens (tertiary/aromatic N) is 2. The SMILES string of the molecule is CN1NC(c2ccccc2)=NC1(C)C. The van der Waals surface area contributed by atoms with Crippen LogP contribution in [0.2, 0.25) is 0 Å². The molecule has 1 N–H and O–H groups in total. The van der Waals surface area contributed by atoms with Gasteiger partial charge in [-0.3, -0.25) is 0 Å². The lowest BCUT2D eigenvalue weighted by Gasteiger charge is -2.23. The van der Waals surface area contributed by atoms with Gasteiger partial charge in [-0.1, -0.05) is 30.3 Å². The van der Waals surface area contributed by atoms with Gasteiger partial charge in [0.15, 0.2) is 0 Å². The number of benzene rings is 1. The van der Waals surface area contributed by atoms with E-state index in [2.05, 4.69) is 36.4 Å². The van der Waals surface area contributed by atoms with Gasteiger partial charge in [-0.2, -0.15) is 5.01 Å². The van der Waals surface area contributed by atoms with Crippen LogP contribution >= 0.6 is 0 Å². The predicted octanol–water partition coefficient (Wildman–Crippen LogP) is 1.62. The summed E-state index contributed by atoms with van der Waals surface area (Å²) in [6.45, 7) is 4.16. The molecule has 3 nitrogen and oxygen atoms in total. The fourth-order valence-electron chi connectivity index (χ4n) is 1.39. The fraction of sp³-hybridized carbons (Fsp3) is 0.364. The maximum Gasteiger partial charge on any atom is 0.144 e. The molecule has 0 bridgehead atoms. The van der Waals surface area contributed by atoms with Crippen LogP contribution in [0, 0.1) is 0 Å². The van der Waals surface area contributed by atoms with Crippen LogP contribution in [-0.4, -0.2) is 23.6 Å². The Balaban J connectivity index is 2.32. The molecule has 0 unspecified atom stereocenters. The highest BCUT2D eigenvalue weighted by Gasteiger charge is 2.30. The molecule has 0 saturated heterocycles. The van der Waals surface area contributed by atoms with E-state index >= 15 is 0 Å². The molecule has 1 heterocycles. The molecule has 1 aromatic rings. The van der Waals surface area contributed by atoms with Gasteiger partial charge in [0.25, 0.3) is 0 Å². The first kappa shape index (κ1) is 9.21. The third-order valence-electron chi connectivity index (χ3n) is 2.53. The van der Waals surface area contributed by atoms with E-state index in [-0.39, 0.29) is 5.66 Å². The van der Waals surface area contributed by atoms with Crippen molar-refractivity contribution in [3.05, 3.63) is 35.9 Å². The molecule has 3 heteroatoms. The maximum atomic E-state index is 4.60. The molecule has 1 aromatic carbocycles. The van der Waals surface area contributed by atoms with Crippen LogP contribution in [0.1, 0.15) is 19.4 Å². The number of rotatable bonds is 1. The first-order valence-corrected chi connectivity index (χ1v) is 4.75. The van der Waals surface area contributed by atoms with Gasteiger partial charge >= 0.3 is 0 Å². The topological polar surface area (TPSA) is 27.6 Å². The number of nitrogens with one attached hydrogen (secondary N) is 1. The molecule has 14 heavy (non-hydrogen) atoms. The molecule has 2 rings (SSSR count). The summed E-state index contributed by atoms with van der Waals surface area (Å²) in [7, 11) is 2.00. The zero-order valence-electron chi connectivity index (χ0n) is 8.78. The second-order valence-electron chi connectivity index (χ2n) is 3.99. The Labute approximate surface area is 84.4 Å². The van der Waals surface area contributed by atoms with Crippen LogP contribution in [-0.2, 0) is 0 Å². The summed E-state index contributed by atoms with van der Waals surface area (Å²) >= 11 is 0. The van der Waals surface area contributed by atoms with Crippen molar-refractivity contribution in [3.63, 3.8) is 0 Å². The number of hydrogen-bond acceptors (Lipinski definition) is 3. The van der Waals surface area contributed by atoms with Crippen molar-refractivity contribution in [3.8, 4) is 0 Å². The predicted molar refractivity (Wildman–Crippen MR) is 58.0 cm³/mol. The molecule has 0 saturated carbocycles. The highest BCUT2D eigenvalue weighted by atomic mass is 15.6. The van der Waals surface area contributed by atoms with E-state index in [1.54, 1.807) is 0 Å². The summed E-state index contributed by atoms with van der Waals surface area (Å²) in [4.78, 5) is 4.60. The van der Waals surface area contributed by atoms with E-state index in [0.717, 1.165) is 11.4 Å². The molecule has 0 spiro atoms. The molecular weight excluding hydrogens is 174 g/mol. The van der Waals surface area contributed by atoms with Crippen LogP contribution in [0.3, 0.4) is 0 Å². The summed E-state index contributed by atoms with van der Waals surface area (Å²) in [5, 5.41) is 2.01. The van der Waals surface area contributed by atoms with Crippen molar-refractivity contribution < 1.29 is 0 Å². The Morgan fingerprint density at radius 2 is 1.86 bits per heavy atom. The van der Waals surface area contributed by atoms with Gasteiger partial charge in [-0.05, 0) is 13.8 Å². The van der Waals surface area contributed by atoms with E-state index in [0.29, 0.717) is 0 Å². The Hall–Kier alpha value is -1.35. The highest BCUT2D eigenvalue weighted by Crippen LogP contribution is 2.19. The molecule has 0 amide bonds. The van der Waals surface area contributed by atoms with Crippen LogP contribution in [0.5, 0.6) is 0 Å². The van der Waals surface area contributed by atoms with Gasteiger partial charge in [0, 0.05) is 12.6 Å².